The van der Waals surface area contributed by atoms with E-state index in [0.717, 1.165) is 24.0 Å². The van der Waals surface area contributed by atoms with Gasteiger partial charge in [0.2, 0.25) is 11.8 Å². The van der Waals surface area contributed by atoms with Gasteiger partial charge >= 0.3 is 0 Å². The number of hydrogen-bond acceptors (Lipinski definition) is 8. The van der Waals surface area contributed by atoms with Gasteiger partial charge in [-0.25, -0.2) is 0 Å². The lowest BCUT2D eigenvalue weighted by atomic mass is 10.1. The molecule has 2 aromatic carbocycles. The van der Waals surface area contributed by atoms with E-state index in [1.165, 1.54) is 12.1 Å². The van der Waals surface area contributed by atoms with E-state index in [4.69, 9.17) is 9.26 Å². The number of aromatic nitrogens is 1. The zero-order valence-electron chi connectivity index (χ0n) is 27.2. The minimum atomic E-state index is -1.12. The van der Waals surface area contributed by atoms with E-state index < -0.39 is 41.3 Å². The summed E-state index contributed by atoms with van der Waals surface area (Å²) in [6.07, 6.45) is 2.94. The van der Waals surface area contributed by atoms with Crippen molar-refractivity contribution >= 4 is 29.7 Å². The first-order valence-electron chi connectivity index (χ1n) is 15.4. The second-order valence-corrected chi connectivity index (χ2v) is 12.6. The molecular weight excluding hydrogens is 600 g/mol. The smallest absolute Gasteiger partial charge is 0.274 e. The number of amides is 4. The van der Waals surface area contributed by atoms with E-state index in [2.05, 4.69) is 26.4 Å². The zero-order valence-corrected chi connectivity index (χ0v) is 27.2. The Hall–Kier alpha value is -5.44. The summed E-state index contributed by atoms with van der Waals surface area (Å²) in [6, 6.07) is 15.8. The van der Waals surface area contributed by atoms with Crippen molar-refractivity contribution < 1.29 is 28.4 Å². The minimum Gasteiger partial charge on any atom is -0.491 e. The maximum absolute atomic E-state index is 13.5. The first kappa shape index (κ1) is 34.4. The maximum atomic E-state index is 13.5. The van der Waals surface area contributed by atoms with E-state index >= 15 is 0 Å². The van der Waals surface area contributed by atoms with Gasteiger partial charge in [0.25, 0.3) is 11.8 Å². The molecule has 3 aromatic rings. The molecule has 246 valence electrons. The molecule has 0 aliphatic heterocycles. The van der Waals surface area contributed by atoms with Crippen molar-refractivity contribution in [2.45, 2.75) is 71.6 Å². The van der Waals surface area contributed by atoms with Gasteiger partial charge in [0.1, 0.15) is 41.8 Å². The highest BCUT2D eigenvalue weighted by Crippen LogP contribution is 2.33. The highest BCUT2D eigenvalue weighted by atomic mass is 16.5. The predicted octanol–water partition coefficient (Wildman–Crippen LogP) is 3.50. The second-order valence-electron chi connectivity index (χ2n) is 12.6. The molecular formula is C35H40N6O6. The fourth-order valence-corrected chi connectivity index (χ4v) is 4.58. The van der Waals surface area contributed by atoms with Crippen LogP contribution in [0.15, 0.2) is 64.7 Å². The minimum absolute atomic E-state index is 0.0565. The molecule has 1 aromatic heterocycles. The molecule has 4 amide bonds. The van der Waals surface area contributed by atoms with E-state index in [0.29, 0.717) is 17.1 Å². The van der Waals surface area contributed by atoms with Gasteiger partial charge in [-0.1, -0.05) is 47.1 Å². The van der Waals surface area contributed by atoms with Crippen molar-refractivity contribution in [2.75, 3.05) is 6.61 Å². The number of carbonyl (C=O) groups is 4. The topological polar surface area (TPSA) is 175 Å². The molecule has 0 radical (unpaired) electrons. The molecule has 12 nitrogen and oxygen atoms in total. The number of hydrogen-bond donors (Lipinski definition) is 4. The number of aryl methyl sites for hydroxylation is 2. The molecule has 0 spiro atoms. The highest BCUT2D eigenvalue weighted by molar-refractivity contribution is 6.02. The number of benzene rings is 2. The molecule has 4 rings (SSSR count). The zero-order chi connectivity index (χ0) is 34.1. The van der Waals surface area contributed by atoms with Gasteiger partial charge in [0, 0.05) is 18.2 Å². The monoisotopic (exact) mass is 640 g/mol. The van der Waals surface area contributed by atoms with Crippen LogP contribution in [0.3, 0.4) is 0 Å². The Morgan fingerprint density at radius 3 is 2.38 bits per heavy atom. The summed E-state index contributed by atoms with van der Waals surface area (Å²) >= 11 is 0. The largest absolute Gasteiger partial charge is 0.491 e. The maximum Gasteiger partial charge on any atom is 0.274 e. The summed E-state index contributed by atoms with van der Waals surface area (Å²) in [5.41, 5.74) is 1.96. The Labute approximate surface area is 273 Å². The summed E-state index contributed by atoms with van der Waals surface area (Å²) in [5, 5.41) is 24.4. The lowest BCUT2D eigenvalue weighted by Gasteiger charge is -2.23. The first-order chi connectivity index (χ1) is 22.3. The van der Waals surface area contributed by atoms with Crippen LogP contribution in [0.1, 0.15) is 66.6 Å². The molecule has 47 heavy (non-hydrogen) atoms. The average Bonchev–Trinajstić information content (AvgIpc) is 3.77. The molecule has 12 heteroatoms. The van der Waals surface area contributed by atoms with E-state index in [-0.39, 0.29) is 30.3 Å². The van der Waals surface area contributed by atoms with Gasteiger partial charge in [-0.2, -0.15) is 5.26 Å². The Morgan fingerprint density at radius 2 is 1.77 bits per heavy atom. The number of nitrogens with one attached hydrogen (secondary N) is 4. The van der Waals surface area contributed by atoms with Crippen LogP contribution in [0.2, 0.25) is 0 Å². The quantitative estimate of drug-likeness (QED) is 0.162. The fraction of sp³-hybridized carbons (Fsp3) is 0.371. The van der Waals surface area contributed by atoms with Crippen LogP contribution >= 0.6 is 0 Å². The van der Waals surface area contributed by atoms with Crippen molar-refractivity contribution in [1.82, 2.24) is 26.4 Å². The van der Waals surface area contributed by atoms with Crippen LogP contribution < -0.4 is 26.0 Å². The Kier molecular flexibility index (Phi) is 11.2. The van der Waals surface area contributed by atoms with Gasteiger partial charge < -0.3 is 30.5 Å². The predicted molar refractivity (Wildman–Crippen MR) is 174 cm³/mol. The third-order valence-corrected chi connectivity index (χ3v) is 7.18. The van der Waals surface area contributed by atoms with E-state index in [1.807, 2.05) is 58.0 Å². The van der Waals surface area contributed by atoms with Crippen LogP contribution in [-0.2, 0) is 20.9 Å². The molecule has 1 aliphatic rings. The molecule has 0 saturated heterocycles. The van der Waals surface area contributed by atoms with Crippen molar-refractivity contribution in [3.63, 3.8) is 0 Å². The van der Waals surface area contributed by atoms with Gasteiger partial charge in [-0.3, -0.25) is 19.2 Å². The van der Waals surface area contributed by atoms with E-state index in [9.17, 15) is 24.4 Å². The van der Waals surface area contributed by atoms with Crippen LogP contribution in [0.25, 0.3) is 6.08 Å². The SMILES string of the molecule is Cc1ccc(CNC(=O)C(COc2cccc(C=C(C#N)C(=O)NC(C)(C)C)c2)NC(=O)[C@@H](NC(=O)c2cc(C)on2)C2CC2)cc1. The summed E-state index contributed by atoms with van der Waals surface area (Å²) in [4.78, 5) is 52.3. The number of rotatable bonds is 13. The van der Waals surface area contributed by atoms with E-state index in [1.54, 1.807) is 31.2 Å². The standard InChI is InChI=1S/C35H40N6O6/c1-21-9-11-23(12-10-21)19-37-32(43)29(38-34(45)30(25-13-14-25)39-33(44)28-15-22(2)47-41-28)20-46-27-8-6-7-24(17-27)16-26(18-36)31(42)40-35(3,4)5/h6-12,15-17,25,29-30H,13-14,19-20H2,1-5H3,(H,37,43)(H,38,45)(H,39,44)(H,40,42)/t29?,30-/m0/s1. The van der Waals surface area contributed by atoms with Gasteiger partial charge in [0.15, 0.2) is 5.69 Å². The lowest BCUT2D eigenvalue weighted by molar-refractivity contribution is -0.131. The molecule has 1 saturated carbocycles. The fourth-order valence-electron chi connectivity index (χ4n) is 4.58. The Morgan fingerprint density at radius 1 is 1.04 bits per heavy atom. The molecule has 2 atom stereocenters. The molecule has 0 bridgehead atoms. The molecule has 1 heterocycles. The summed E-state index contributed by atoms with van der Waals surface area (Å²) in [7, 11) is 0. The highest BCUT2D eigenvalue weighted by Gasteiger charge is 2.39. The Balaban J connectivity index is 1.49. The number of carbonyl (C=O) groups excluding carboxylic acids is 4. The summed E-state index contributed by atoms with van der Waals surface area (Å²) in [5.74, 6) is -1.34. The third-order valence-electron chi connectivity index (χ3n) is 7.18. The van der Waals surface area contributed by atoms with Gasteiger partial charge in [0.05, 0.1) is 0 Å². The van der Waals surface area contributed by atoms with Crippen LogP contribution in [0.5, 0.6) is 5.75 Å². The number of nitrogens with zero attached hydrogens (tertiary/aromatic N) is 2. The number of ether oxygens (including phenoxy) is 1. The normalized spacial score (nSPS) is 14.3. The van der Waals surface area contributed by atoms with Crippen LogP contribution in [0.4, 0.5) is 0 Å². The third kappa shape index (κ3) is 10.6. The molecule has 1 fully saturated rings. The van der Waals surface area contributed by atoms with Gasteiger partial charge in [-0.05, 0) is 82.7 Å². The second kappa shape index (κ2) is 15.2. The van der Waals surface area contributed by atoms with Crippen molar-refractivity contribution in [1.29, 1.82) is 5.26 Å². The van der Waals surface area contributed by atoms with Crippen LogP contribution in [-0.4, -0.2) is 53.0 Å². The first-order valence-corrected chi connectivity index (χ1v) is 15.4. The van der Waals surface area contributed by atoms with Crippen LogP contribution in [0, 0.1) is 31.1 Å². The Bertz CT molecular complexity index is 1680. The summed E-state index contributed by atoms with van der Waals surface area (Å²) in [6.45, 7) is 9.08. The lowest BCUT2D eigenvalue weighted by Crippen LogP contribution is -2.56. The average molecular weight is 641 g/mol. The number of nitriles is 1. The molecule has 1 aliphatic carbocycles. The van der Waals surface area contributed by atoms with Crippen molar-refractivity contribution in [2.24, 2.45) is 5.92 Å². The summed E-state index contributed by atoms with van der Waals surface area (Å²) < 4.78 is 11.0. The van der Waals surface area contributed by atoms with Gasteiger partial charge in [-0.15, -0.1) is 0 Å². The molecule has 4 N–H and O–H groups in total. The molecule has 1 unspecified atom stereocenters. The van der Waals surface area contributed by atoms with Crippen molar-refractivity contribution in [3.8, 4) is 11.8 Å². The van der Waals surface area contributed by atoms with Crippen molar-refractivity contribution in [3.05, 3.63) is 88.3 Å².